The van der Waals surface area contributed by atoms with Gasteiger partial charge < -0.3 is 5.32 Å². The molecule has 0 bridgehead atoms. The maximum Gasteiger partial charge on any atom is 0.418 e. The second kappa shape index (κ2) is 6.14. The fraction of sp³-hybridized carbons (Fsp3) is 0.455. The van der Waals surface area contributed by atoms with Gasteiger partial charge in [0.05, 0.1) is 10.5 Å². The Bertz CT molecular complexity index is 466. The first-order chi connectivity index (χ1) is 8.75. The fourth-order valence-electron chi connectivity index (χ4n) is 1.37. The summed E-state index contributed by atoms with van der Waals surface area (Å²) >= 11 is 1.51. The summed E-state index contributed by atoms with van der Waals surface area (Å²) in [6.07, 6.45) is -2.77. The molecule has 0 heterocycles. The Balaban J connectivity index is 3.06. The van der Waals surface area contributed by atoms with Gasteiger partial charge in [0, 0.05) is 29.6 Å². The normalized spacial score (nSPS) is 13.1. The predicted octanol–water partition coefficient (Wildman–Crippen LogP) is 3.78. The van der Waals surface area contributed by atoms with Crippen LogP contribution in [0.3, 0.4) is 0 Å². The second-order valence-corrected chi connectivity index (χ2v) is 5.19. The average molecular weight is 294 g/mol. The molecule has 0 spiro atoms. The minimum Gasteiger partial charge on any atom is -0.383 e. The molecular weight excluding hydrogens is 281 g/mol. The molecule has 1 aromatic carbocycles. The molecule has 0 radical (unpaired) electrons. The molecule has 0 aliphatic heterocycles. The first-order valence-electron chi connectivity index (χ1n) is 5.38. The Morgan fingerprint density at radius 2 is 2.11 bits per heavy atom. The summed E-state index contributed by atoms with van der Waals surface area (Å²) in [6, 6.07) is 2.70. The van der Waals surface area contributed by atoms with Crippen LogP contribution in [0.25, 0.3) is 0 Å². The molecule has 8 heteroatoms. The van der Waals surface area contributed by atoms with Crippen molar-refractivity contribution in [3.05, 3.63) is 33.9 Å². The van der Waals surface area contributed by atoms with Crippen molar-refractivity contribution in [2.75, 3.05) is 18.1 Å². The van der Waals surface area contributed by atoms with E-state index in [-0.39, 0.29) is 10.9 Å². The monoisotopic (exact) mass is 294 g/mol. The lowest BCUT2D eigenvalue weighted by Gasteiger charge is -2.16. The minimum atomic E-state index is -4.63. The Labute approximate surface area is 112 Å². The van der Waals surface area contributed by atoms with E-state index in [1.165, 1.54) is 11.8 Å². The Morgan fingerprint density at radius 3 is 2.58 bits per heavy atom. The smallest absolute Gasteiger partial charge is 0.383 e. The zero-order valence-electron chi connectivity index (χ0n) is 10.3. The molecule has 19 heavy (non-hydrogen) atoms. The highest BCUT2D eigenvalue weighted by Crippen LogP contribution is 2.37. The molecule has 0 aliphatic carbocycles. The first-order valence-corrected chi connectivity index (χ1v) is 6.66. The highest BCUT2D eigenvalue weighted by molar-refractivity contribution is 7.99. The SMILES string of the molecule is CSC(C)CNc1ccc([N+](=O)[O-])cc1C(F)(F)F. The van der Waals surface area contributed by atoms with Crippen LogP contribution < -0.4 is 5.32 Å². The molecule has 1 N–H and O–H groups in total. The van der Waals surface area contributed by atoms with Crippen molar-refractivity contribution < 1.29 is 18.1 Å². The zero-order chi connectivity index (χ0) is 14.6. The van der Waals surface area contributed by atoms with Gasteiger partial charge in [-0.15, -0.1) is 0 Å². The summed E-state index contributed by atoms with van der Waals surface area (Å²) in [7, 11) is 0. The number of nitro groups is 1. The largest absolute Gasteiger partial charge is 0.418 e. The number of non-ortho nitro benzene ring substituents is 1. The summed E-state index contributed by atoms with van der Waals surface area (Å²) in [6.45, 7) is 2.22. The number of hydrogen-bond donors (Lipinski definition) is 1. The zero-order valence-corrected chi connectivity index (χ0v) is 11.1. The average Bonchev–Trinajstić information content (AvgIpc) is 2.34. The van der Waals surface area contributed by atoms with E-state index in [1.807, 2.05) is 13.2 Å². The number of thioether (sulfide) groups is 1. The van der Waals surface area contributed by atoms with E-state index in [1.54, 1.807) is 0 Å². The molecule has 0 saturated carbocycles. The number of anilines is 1. The Morgan fingerprint density at radius 1 is 1.47 bits per heavy atom. The lowest BCUT2D eigenvalue weighted by molar-refractivity contribution is -0.385. The quantitative estimate of drug-likeness (QED) is 0.663. The number of halogens is 3. The number of alkyl halides is 3. The van der Waals surface area contributed by atoms with E-state index in [0.29, 0.717) is 12.6 Å². The van der Waals surface area contributed by atoms with Crippen molar-refractivity contribution in [3.63, 3.8) is 0 Å². The van der Waals surface area contributed by atoms with Crippen LogP contribution in [-0.2, 0) is 6.18 Å². The molecular formula is C11H13F3N2O2S. The van der Waals surface area contributed by atoms with Gasteiger partial charge in [0.1, 0.15) is 0 Å². The molecule has 0 aliphatic rings. The van der Waals surface area contributed by atoms with E-state index in [4.69, 9.17) is 0 Å². The first kappa shape index (κ1) is 15.6. The van der Waals surface area contributed by atoms with Crippen molar-refractivity contribution in [1.82, 2.24) is 0 Å². The summed E-state index contributed by atoms with van der Waals surface area (Å²) in [5.41, 5.74) is -1.73. The van der Waals surface area contributed by atoms with Crippen LogP contribution in [0.15, 0.2) is 18.2 Å². The van der Waals surface area contributed by atoms with Crippen molar-refractivity contribution in [1.29, 1.82) is 0 Å². The third-order valence-electron chi connectivity index (χ3n) is 2.50. The summed E-state index contributed by atoms with van der Waals surface area (Å²) in [4.78, 5) is 9.67. The van der Waals surface area contributed by atoms with E-state index in [0.717, 1.165) is 12.1 Å². The van der Waals surface area contributed by atoms with E-state index in [2.05, 4.69) is 5.32 Å². The van der Waals surface area contributed by atoms with Crippen LogP contribution in [0, 0.1) is 10.1 Å². The third kappa shape index (κ3) is 4.30. The van der Waals surface area contributed by atoms with E-state index >= 15 is 0 Å². The van der Waals surface area contributed by atoms with Crippen molar-refractivity contribution in [3.8, 4) is 0 Å². The van der Waals surface area contributed by atoms with Crippen molar-refractivity contribution in [2.45, 2.75) is 18.3 Å². The van der Waals surface area contributed by atoms with Gasteiger partial charge >= 0.3 is 6.18 Å². The number of hydrogen-bond acceptors (Lipinski definition) is 4. The maximum absolute atomic E-state index is 12.8. The lowest BCUT2D eigenvalue weighted by atomic mass is 10.1. The molecule has 1 aromatic rings. The van der Waals surface area contributed by atoms with Gasteiger partial charge in [-0.1, -0.05) is 6.92 Å². The molecule has 106 valence electrons. The van der Waals surface area contributed by atoms with E-state index in [9.17, 15) is 23.3 Å². The summed E-state index contributed by atoms with van der Waals surface area (Å²) in [5.74, 6) is 0. The minimum absolute atomic E-state index is 0.135. The topological polar surface area (TPSA) is 55.2 Å². The van der Waals surface area contributed by atoms with Crippen LogP contribution in [-0.4, -0.2) is 23.0 Å². The van der Waals surface area contributed by atoms with Crippen LogP contribution in [0.4, 0.5) is 24.5 Å². The van der Waals surface area contributed by atoms with Gasteiger partial charge in [0.15, 0.2) is 0 Å². The number of nitro benzene ring substituents is 1. The van der Waals surface area contributed by atoms with Crippen molar-refractivity contribution in [2.24, 2.45) is 0 Å². The highest BCUT2D eigenvalue weighted by Gasteiger charge is 2.35. The van der Waals surface area contributed by atoms with E-state index < -0.39 is 22.4 Å². The maximum atomic E-state index is 12.8. The van der Waals surface area contributed by atoms with Crippen molar-refractivity contribution >= 4 is 23.1 Å². The molecule has 0 saturated heterocycles. The van der Waals surface area contributed by atoms with Gasteiger partial charge in [-0.05, 0) is 12.3 Å². The van der Waals surface area contributed by atoms with Crippen LogP contribution >= 0.6 is 11.8 Å². The fourth-order valence-corrected chi connectivity index (χ4v) is 1.62. The van der Waals surface area contributed by atoms with Gasteiger partial charge in [-0.2, -0.15) is 24.9 Å². The predicted molar refractivity (Wildman–Crippen MR) is 69.6 cm³/mol. The van der Waals surface area contributed by atoms with Gasteiger partial charge in [-0.3, -0.25) is 10.1 Å². The second-order valence-electron chi connectivity index (χ2n) is 3.91. The molecule has 1 rings (SSSR count). The molecule has 0 aromatic heterocycles. The standard InChI is InChI=1S/C11H13F3N2O2S/c1-7(19-2)6-15-10-4-3-8(16(17)18)5-9(10)11(12,13)14/h3-5,7,15H,6H2,1-2H3. The summed E-state index contributed by atoms with van der Waals surface area (Å²) in [5, 5.41) is 13.3. The summed E-state index contributed by atoms with van der Waals surface area (Å²) < 4.78 is 38.5. The Kier molecular flexibility index (Phi) is 5.04. The van der Waals surface area contributed by atoms with Gasteiger partial charge in [0.25, 0.3) is 5.69 Å². The van der Waals surface area contributed by atoms with Gasteiger partial charge in [-0.25, -0.2) is 0 Å². The third-order valence-corrected chi connectivity index (χ3v) is 3.47. The number of rotatable bonds is 5. The number of benzene rings is 1. The van der Waals surface area contributed by atoms with Crippen LogP contribution in [0.5, 0.6) is 0 Å². The van der Waals surface area contributed by atoms with Gasteiger partial charge in [0.2, 0.25) is 0 Å². The van der Waals surface area contributed by atoms with Crippen LogP contribution in [0.1, 0.15) is 12.5 Å². The molecule has 1 unspecified atom stereocenters. The molecule has 0 fully saturated rings. The Hall–Kier alpha value is -1.44. The number of nitrogens with one attached hydrogen (secondary N) is 1. The van der Waals surface area contributed by atoms with Crippen LogP contribution in [0.2, 0.25) is 0 Å². The number of nitrogens with zero attached hydrogens (tertiary/aromatic N) is 1. The molecule has 1 atom stereocenters. The lowest BCUT2D eigenvalue weighted by Crippen LogP contribution is -2.16. The molecule has 4 nitrogen and oxygen atoms in total. The molecule has 0 amide bonds. The highest BCUT2D eigenvalue weighted by atomic mass is 32.2.